The number of rotatable bonds is 4. The molecular formula is C18H22N4O3. The monoisotopic (exact) mass is 342 g/mol. The number of carbonyl (C=O) groups is 3. The largest absolute Gasteiger partial charge is 0.322 e. The van der Waals surface area contributed by atoms with E-state index in [2.05, 4.69) is 22.6 Å². The van der Waals surface area contributed by atoms with Crippen molar-refractivity contribution in [1.82, 2.24) is 20.4 Å². The van der Waals surface area contributed by atoms with Crippen molar-refractivity contribution < 1.29 is 14.4 Å². The number of imide groups is 1. The van der Waals surface area contributed by atoms with Gasteiger partial charge in [0.1, 0.15) is 6.04 Å². The minimum absolute atomic E-state index is 0.0970. The highest BCUT2D eigenvalue weighted by Crippen LogP contribution is 2.30. The van der Waals surface area contributed by atoms with Crippen LogP contribution in [-0.4, -0.2) is 59.7 Å². The summed E-state index contributed by atoms with van der Waals surface area (Å²) in [7, 11) is 2.07. The van der Waals surface area contributed by atoms with Crippen LogP contribution in [0.2, 0.25) is 0 Å². The second kappa shape index (κ2) is 6.24. The van der Waals surface area contributed by atoms with Crippen molar-refractivity contribution in [3.63, 3.8) is 0 Å². The average molecular weight is 342 g/mol. The number of amides is 3. The van der Waals surface area contributed by atoms with E-state index >= 15 is 0 Å². The summed E-state index contributed by atoms with van der Waals surface area (Å²) >= 11 is 0. The molecule has 25 heavy (non-hydrogen) atoms. The van der Waals surface area contributed by atoms with E-state index in [4.69, 9.17) is 0 Å². The Morgan fingerprint density at radius 1 is 1.24 bits per heavy atom. The lowest BCUT2D eigenvalue weighted by Crippen LogP contribution is -2.55. The van der Waals surface area contributed by atoms with E-state index in [1.54, 1.807) is 4.90 Å². The van der Waals surface area contributed by atoms with Gasteiger partial charge in [-0.15, -0.1) is 0 Å². The van der Waals surface area contributed by atoms with Crippen molar-refractivity contribution in [2.75, 3.05) is 20.1 Å². The summed E-state index contributed by atoms with van der Waals surface area (Å²) in [5.41, 5.74) is 2.70. The van der Waals surface area contributed by atoms with Crippen molar-refractivity contribution >= 4 is 17.7 Å². The fourth-order valence-electron chi connectivity index (χ4n) is 3.80. The topological polar surface area (TPSA) is 81.8 Å². The molecular weight excluding hydrogens is 320 g/mol. The first kappa shape index (κ1) is 16.2. The van der Waals surface area contributed by atoms with Gasteiger partial charge in [0.15, 0.2) is 0 Å². The molecule has 0 bridgehead atoms. The van der Waals surface area contributed by atoms with E-state index in [-0.39, 0.29) is 24.1 Å². The summed E-state index contributed by atoms with van der Waals surface area (Å²) < 4.78 is 0. The average Bonchev–Trinajstić information content (AvgIpc) is 2.83. The Labute approximate surface area is 146 Å². The molecule has 3 aliphatic rings. The zero-order valence-corrected chi connectivity index (χ0v) is 14.2. The van der Waals surface area contributed by atoms with Crippen molar-refractivity contribution in [2.24, 2.45) is 0 Å². The number of fused-ring (bicyclic) bond motifs is 1. The van der Waals surface area contributed by atoms with Crippen LogP contribution in [0.3, 0.4) is 0 Å². The second-order valence-electron chi connectivity index (χ2n) is 7.08. The summed E-state index contributed by atoms with van der Waals surface area (Å²) in [6.45, 7) is 3.09. The van der Waals surface area contributed by atoms with Crippen molar-refractivity contribution in [3.05, 3.63) is 34.9 Å². The Hall–Kier alpha value is -2.25. The molecule has 132 valence electrons. The first-order chi connectivity index (χ1) is 12.0. The summed E-state index contributed by atoms with van der Waals surface area (Å²) in [6, 6.07) is 5.86. The molecule has 0 radical (unpaired) electrons. The van der Waals surface area contributed by atoms with Gasteiger partial charge in [0.2, 0.25) is 11.8 Å². The van der Waals surface area contributed by atoms with Crippen LogP contribution in [0.1, 0.15) is 34.3 Å². The Balaban J connectivity index is 1.56. The van der Waals surface area contributed by atoms with E-state index < -0.39 is 6.04 Å². The van der Waals surface area contributed by atoms with Crippen molar-refractivity contribution in [3.8, 4) is 0 Å². The van der Waals surface area contributed by atoms with Gasteiger partial charge in [0.05, 0.1) is 0 Å². The number of hydrogen-bond acceptors (Lipinski definition) is 5. The van der Waals surface area contributed by atoms with Crippen LogP contribution in [0.5, 0.6) is 0 Å². The summed E-state index contributed by atoms with van der Waals surface area (Å²) in [4.78, 5) is 40.4. The fraction of sp³-hybridized carbons (Fsp3) is 0.500. The SMILES string of the molecule is CN(Cc1cccc2c1C(=O)N(C1CCC(=O)NC1=O)C2)C1CNC1. The molecule has 3 amide bonds. The van der Waals surface area contributed by atoms with Crippen LogP contribution < -0.4 is 10.6 Å². The maximum atomic E-state index is 13.0. The molecule has 3 aliphatic heterocycles. The lowest BCUT2D eigenvalue weighted by atomic mass is 10.0. The van der Waals surface area contributed by atoms with Crippen LogP contribution in [0.25, 0.3) is 0 Å². The minimum Gasteiger partial charge on any atom is -0.322 e. The number of hydrogen-bond donors (Lipinski definition) is 2. The predicted octanol–water partition coefficient (Wildman–Crippen LogP) is -0.149. The third kappa shape index (κ3) is 2.83. The molecule has 1 aromatic carbocycles. The highest BCUT2D eigenvalue weighted by Gasteiger charge is 2.40. The maximum Gasteiger partial charge on any atom is 0.255 e. The number of benzene rings is 1. The van der Waals surface area contributed by atoms with Gasteiger partial charge in [-0.3, -0.25) is 24.6 Å². The first-order valence-electron chi connectivity index (χ1n) is 8.71. The molecule has 7 heteroatoms. The van der Waals surface area contributed by atoms with Crippen LogP contribution in [0.15, 0.2) is 18.2 Å². The Bertz CT molecular complexity index is 744. The highest BCUT2D eigenvalue weighted by atomic mass is 16.2. The normalized spacial score (nSPS) is 23.7. The molecule has 1 atom stereocenters. The highest BCUT2D eigenvalue weighted by molar-refractivity contribution is 6.05. The molecule has 1 unspecified atom stereocenters. The number of carbonyl (C=O) groups excluding carboxylic acids is 3. The van der Waals surface area contributed by atoms with Crippen LogP contribution >= 0.6 is 0 Å². The molecule has 0 aliphatic carbocycles. The van der Waals surface area contributed by atoms with E-state index in [0.29, 0.717) is 25.6 Å². The smallest absolute Gasteiger partial charge is 0.255 e. The molecule has 0 saturated carbocycles. The maximum absolute atomic E-state index is 13.0. The molecule has 0 spiro atoms. The van der Waals surface area contributed by atoms with Crippen LogP contribution in [-0.2, 0) is 22.7 Å². The van der Waals surface area contributed by atoms with Crippen molar-refractivity contribution in [1.29, 1.82) is 0 Å². The predicted molar refractivity (Wildman–Crippen MR) is 90.6 cm³/mol. The van der Waals surface area contributed by atoms with E-state index in [1.165, 1.54) is 0 Å². The first-order valence-corrected chi connectivity index (χ1v) is 8.71. The van der Waals surface area contributed by atoms with E-state index in [1.807, 2.05) is 18.2 Å². The molecule has 1 aromatic rings. The summed E-state index contributed by atoms with van der Waals surface area (Å²) in [5.74, 6) is -0.723. The van der Waals surface area contributed by atoms with Gasteiger partial charge in [0, 0.05) is 44.2 Å². The van der Waals surface area contributed by atoms with Gasteiger partial charge < -0.3 is 10.2 Å². The third-order valence-corrected chi connectivity index (χ3v) is 5.44. The quantitative estimate of drug-likeness (QED) is 0.744. The Morgan fingerprint density at radius 3 is 2.72 bits per heavy atom. The second-order valence-corrected chi connectivity index (χ2v) is 7.08. The Kier molecular flexibility index (Phi) is 4.05. The summed E-state index contributed by atoms with van der Waals surface area (Å²) in [6.07, 6.45) is 0.675. The molecule has 0 aromatic heterocycles. The van der Waals surface area contributed by atoms with Gasteiger partial charge in [-0.2, -0.15) is 0 Å². The summed E-state index contributed by atoms with van der Waals surface area (Å²) in [5, 5.41) is 5.60. The minimum atomic E-state index is -0.556. The van der Waals surface area contributed by atoms with Gasteiger partial charge in [-0.05, 0) is 24.6 Å². The number of piperidine rings is 1. The Morgan fingerprint density at radius 2 is 2.04 bits per heavy atom. The van der Waals surface area contributed by atoms with Crippen LogP contribution in [0.4, 0.5) is 0 Å². The molecule has 3 heterocycles. The third-order valence-electron chi connectivity index (χ3n) is 5.44. The zero-order valence-electron chi connectivity index (χ0n) is 14.2. The molecule has 2 N–H and O–H groups in total. The number of nitrogens with zero attached hydrogens (tertiary/aromatic N) is 2. The van der Waals surface area contributed by atoms with Crippen LogP contribution in [0, 0.1) is 0 Å². The number of nitrogens with one attached hydrogen (secondary N) is 2. The fourth-order valence-corrected chi connectivity index (χ4v) is 3.80. The molecule has 2 fully saturated rings. The van der Waals surface area contributed by atoms with Gasteiger partial charge in [-0.25, -0.2) is 0 Å². The standard InChI is InChI=1S/C18H22N4O3/c1-21(13-7-19-8-13)9-11-3-2-4-12-10-22(18(25)16(11)12)14-5-6-15(23)20-17(14)24/h2-4,13-14,19H,5-10H2,1H3,(H,20,23,24). The zero-order chi connectivity index (χ0) is 17.6. The van der Waals surface area contributed by atoms with Crippen molar-refractivity contribution in [2.45, 2.75) is 38.0 Å². The number of likely N-dealkylation sites (N-methyl/N-ethyl adjacent to an activating group) is 1. The molecule has 7 nitrogen and oxygen atoms in total. The van der Waals surface area contributed by atoms with E-state index in [9.17, 15) is 14.4 Å². The lowest BCUT2D eigenvalue weighted by Gasteiger charge is -2.36. The van der Waals surface area contributed by atoms with Gasteiger partial charge in [0.25, 0.3) is 5.91 Å². The van der Waals surface area contributed by atoms with E-state index in [0.717, 1.165) is 29.8 Å². The molecule has 2 saturated heterocycles. The van der Waals surface area contributed by atoms with Gasteiger partial charge >= 0.3 is 0 Å². The lowest BCUT2D eigenvalue weighted by molar-refractivity contribution is -0.136. The van der Waals surface area contributed by atoms with Gasteiger partial charge in [-0.1, -0.05) is 18.2 Å². The molecule has 4 rings (SSSR count).